The maximum absolute atomic E-state index is 9.86. The first kappa shape index (κ1) is 12.6. The smallest absolute Gasteiger partial charge is 0.107 e. The molecule has 2 N–H and O–H groups in total. The number of benzene rings is 2. The zero-order valence-corrected chi connectivity index (χ0v) is 10.9. The van der Waals surface area contributed by atoms with Gasteiger partial charge in [-0.15, -0.1) is 0 Å². The van der Waals surface area contributed by atoms with Crippen LogP contribution in [-0.2, 0) is 4.74 Å². The SMILES string of the molecule is Cc1cccc2c([C@H]3C[C@H](O)[C@@H](CO)O3)cccc12. The lowest BCUT2D eigenvalue weighted by Gasteiger charge is -2.15. The van der Waals surface area contributed by atoms with Crippen molar-refractivity contribution >= 4 is 10.8 Å². The summed E-state index contributed by atoms with van der Waals surface area (Å²) in [6.07, 6.45) is -0.657. The number of hydrogen-bond acceptors (Lipinski definition) is 3. The minimum atomic E-state index is -0.588. The van der Waals surface area contributed by atoms with E-state index in [0.717, 1.165) is 5.56 Å². The Hall–Kier alpha value is -1.42. The van der Waals surface area contributed by atoms with Crippen molar-refractivity contribution in [2.75, 3.05) is 6.61 Å². The normalized spacial score (nSPS) is 27.0. The zero-order valence-electron chi connectivity index (χ0n) is 10.9. The maximum atomic E-state index is 9.86. The fraction of sp³-hybridized carbons (Fsp3) is 0.375. The van der Waals surface area contributed by atoms with Crippen LogP contribution in [0.1, 0.15) is 23.7 Å². The van der Waals surface area contributed by atoms with Crippen LogP contribution in [-0.4, -0.2) is 29.0 Å². The Morgan fingerprint density at radius 2 is 1.89 bits per heavy atom. The van der Waals surface area contributed by atoms with Gasteiger partial charge in [0.15, 0.2) is 0 Å². The van der Waals surface area contributed by atoms with Gasteiger partial charge in [-0.3, -0.25) is 0 Å². The molecule has 1 heterocycles. The topological polar surface area (TPSA) is 49.7 Å². The standard InChI is InChI=1S/C16H18O3/c1-10-4-2-6-12-11(10)5-3-7-13(12)15-8-14(18)16(9-17)19-15/h2-7,14-18H,8-9H2,1H3/t14-,15+,16+/m0/s1. The van der Waals surface area contributed by atoms with Crippen molar-refractivity contribution in [2.45, 2.75) is 31.7 Å². The number of hydrogen-bond donors (Lipinski definition) is 2. The summed E-state index contributed by atoms with van der Waals surface area (Å²) >= 11 is 0. The summed E-state index contributed by atoms with van der Waals surface area (Å²) in [4.78, 5) is 0. The van der Waals surface area contributed by atoms with E-state index in [0.29, 0.717) is 6.42 Å². The highest BCUT2D eigenvalue weighted by molar-refractivity contribution is 5.88. The first-order valence-corrected chi connectivity index (χ1v) is 6.63. The summed E-state index contributed by atoms with van der Waals surface area (Å²) in [7, 11) is 0. The third-order valence-electron chi connectivity index (χ3n) is 3.92. The number of fused-ring (bicyclic) bond motifs is 1. The molecule has 1 saturated heterocycles. The van der Waals surface area contributed by atoms with Crippen molar-refractivity contribution in [1.29, 1.82) is 0 Å². The summed E-state index contributed by atoms with van der Waals surface area (Å²) < 4.78 is 5.76. The molecule has 19 heavy (non-hydrogen) atoms. The second kappa shape index (κ2) is 4.93. The van der Waals surface area contributed by atoms with Crippen molar-refractivity contribution in [3.05, 3.63) is 47.5 Å². The van der Waals surface area contributed by atoms with Gasteiger partial charge in [0.1, 0.15) is 6.10 Å². The number of aryl methyl sites for hydroxylation is 1. The summed E-state index contributed by atoms with van der Waals surface area (Å²) in [6.45, 7) is 1.95. The Morgan fingerprint density at radius 3 is 2.63 bits per heavy atom. The van der Waals surface area contributed by atoms with E-state index < -0.39 is 12.2 Å². The van der Waals surface area contributed by atoms with Gasteiger partial charge in [0, 0.05) is 6.42 Å². The van der Waals surface area contributed by atoms with E-state index in [1.165, 1.54) is 16.3 Å². The largest absolute Gasteiger partial charge is 0.394 e. The number of aliphatic hydroxyl groups excluding tert-OH is 2. The van der Waals surface area contributed by atoms with E-state index >= 15 is 0 Å². The first-order valence-electron chi connectivity index (χ1n) is 6.63. The molecule has 0 bridgehead atoms. The molecule has 0 aromatic heterocycles. The van der Waals surface area contributed by atoms with E-state index in [1.807, 2.05) is 18.2 Å². The molecule has 1 fully saturated rings. The van der Waals surface area contributed by atoms with Gasteiger partial charge in [0.2, 0.25) is 0 Å². The molecule has 0 spiro atoms. The third kappa shape index (κ3) is 2.14. The molecule has 0 aliphatic carbocycles. The average molecular weight is 258 g/mol. The number of aliphatic hydroxyl groups is 2. The van der Waals surface area contributed by atoms with Crippen molar-refractivity contribution in [3.8, 4) is 0 Å². The predicted molar refractivity (Wildman–Crippen MR) is 74.0 cm³/mol. The van der Waals surface area contributed by atoms with Gasteiger partial charge >= 0.3 is 0 Å². The first-order chi connectivity index (χ1) is 9.20. The van der Waals surface area contributed by atoms with Gasteiger partial charge in [0.25, 0.3) is 0 Å². The van der Waals surface area contributed by atoms with Gasteiger partial charge in [-0.25, -0.2) is 0 Å². The van der Waals surface area contributed by atoms with Crippen LogP contribution < -0.4 is 0 Å². The summed E-state index contributed by atoms with van der Waals surface area (Å²) in [5.74, 6) is 0. The van der Waals surface area contributed by atoms with Crippen LogP contribution >= 0.6 is 0 Å². The number of rotatable bonds is 2. The van der Waals surface area contributed by atoms with Gasteiger partial charge in [0.05, 0.1) is 18.8 Å². The molecule has 2 aromatic carbocycles. The lowest BCUT2D eigenvalue weighted by molar-refractivity contribution is -0.0222. The predicted octanol–water partition coefficient (Wildman–Crippen LogP) is 2.33. The average Bonchev–Trinajstić information content (AvgIpc) is 2.80. The molecule has 3 rings (SSSR count). The van der Waals surface area contributed by atoms with Crippen molar-refractivity contribution in [1.82, 2.24) is 0 Å². The minimum Gasteiger partial charge on any atom is -0.394 e. The highest BCUT2D eigenvalue weighted by atomic mass is 16.5. The van der Waals surface area contributed by atoms with Crippen molar-refractivity contribution in [2.24, 2.45) is 0 Å². The summed E-state index contributed by atoms with van der Waals surface area (Å²) in [6, 6.07) is 12.4. The molecule has 100 valence electrons. The maximum Gasteiger partial charge on any atom is 0.107 e. The molecule has 3 atom stereocenters. The molecule has 0 amide bonds. The molecule has 1 aliphatic heterocycles. The van der Waals surface area contributed by atoms with Crippen LogP contribution in [0.2, 0.25) is 0 Å². The van der Waals surface area contributed by atoms with E-state index in [4.69, 9.17) is 4.74 Å². The van der Waals surface area contributed by atoms with E-state index in [9.17, 15) is 10.2 Å². The number of ether oxygens (including phenoxy) is 1. The van der Waals surface area contributed by atoms with Crippen LogP contribution in [0.5, 0.6) is 0 Å². The Balaban J connectivity index is 2.04. The van der Waals surface area contributed by atoms with E-state index in [-0.39, 0.29) is 12.7 Å². The quantitative estimate of drug-likeness (QED) is 0.869. The second-order valence-electron chi connectivity index (χ2n) is 5.17. The third-order valence-corrected chi connectivity index (χ3v) is 3.92. The monoisotopic (exact) mass is 258 g/mol. The molecular weight excluding hydrogens is 240 g/mol. The summed E-state index contributed by atoms with van der Waals surface area (Å²) in [5.41, 5.74) is 2.33. The molecule has 0 unspecified atom stereocenters. The molecule has 2 aromatic rings. The van der Waals surface area contributed by atoms with Gasteiger partial charge < -0.3 is 14.9 Å². The molecule has 0 saturated carbocycles. The van der Waals surface area contributed by atoms with Crippen molar-refractivity contribution < 1.29 is 14.9 Å². The highest BCUT2D eigenvalue weighted by Crippen LogP contribution is 2.36. The summed E-state index contributed by atoms with van der Waals surface area (Å²) in [5, 5.41) is 21.4. The molecule has 3 nitrogen and oxygen atoms in total. The Kier molecular flexibility index (Phi) is 3.27. The molecule has 0 radical (unpaired) electrons. The molecule has 1 aliphatic rings. The van der Waals surface area contributed by atoms with Crippen LogP contribution in [0, 0.1) is 6.92 Å². The highest BCUT2D eigenvalue weighted by Gasteiger charge is 2.34. The lowest BCUT2D eigenvalue weighted by Crippen LogP contribution is -2.24. The van der Waals surface area contributed by atoms with Crippen LogP contribution in [0.3, 0.4) is 0 Å². The van der Waals surface area contributed by atoms with Crippen LogP contribution in [0.25, 0.3) is 10.8 Å². The van der Waals surface area contributed by atoms with Gasteiger partial charge in [-0.1, -0.05) is 36.4 Å². The van der Waals surface area contributed by atoms with E-state index in [2.05, 4.69) is 25.1 Å². The van der Waals surface area contributed by atoms with Crippen molar-refractivity contribution in [3.63, 3.8) is 0 Å². The van der Waals surface area contributed by atoms with Gasteiger partial charge in [-0.05, 0) is 28.8 Å². The van der Waals surface area contributed by atoms with Crippen LogP contribution in [0.15, 0.2) is 36.4 Å². The minimum absolute atomic E-state index is 0.137. The second-order valence-corrected chi connectivity index (χ2v) is 5.17. The fourth-order valence-corrected chi connectivity index (χ4v) is 2.87. The Bertz CT molecular complexity index is 594. The molecule has 3 heteroatoms. The van der Waals surface area contributed by atoms with Gasteiger partial charge in [-0.2, -0.15) is 0 Å². The zero-order chi connectivity index (χ0) is 13.4. The molecular formula is C16H18O3. The van der Waals surface area contributed by atoms with Crippen LogP contribution in [0.4, 0.5) is 0 Å². The fourth-order valence-electron chi connectivity index (χ4n) is 2.87. The lowest BCUT2D eigenvalue weighted by atomic mass is 9.96. The van der Waals surface area contributed by atoms with E-state index in [1.54, 1.807) is 0 Å². The Labute approximate surface area is 112 Å². The Morgan fingerprint density at radius 1 is 1.16 bits per heavy atom.